The van der Waals surface area contributed by atoms with Crippen LogP contribution in [0.3, 0.4) is 0 Å². The lowest BCUT2D eigenvalue weighted by Crippen LogP contribution is -2.46. The van der Waals surface area contributed by atoms with Gasteiger partial charge < -0.3 is 25.2 Å². The molecule has 2 atom stereocenters. The highest BCUT2D eigenvalue weighted by molar-refractivity contribution is 5.94. The fourth-order valence-electron chi connectivity index (χ4n) is 4.03. The van der Waals surface area contributed by atoms with Crippen molar-refractivity contribution in [2.45, 2.75) is 18.7 Å². The summed E-state index contributed by atoms with van der Waals surface area (Å²) in [5.41, 5.74) is 4.90. The van der Waals surface area contributed by atoms with E-state index in [0.717, 1.165) is 45.9 Å². The van der Waals surface area contributed by atoms with Gasteiger partial charge in [-0.15, -0.1) is 0 Å². The summed E-state index contributed by atoms with van der Waals surface area (Å²) in [6.45, 7) is 0.676. The first kappa shape index (κ1) is 20.3. The van der Waals surface area contributed by atoms with Crippen LogP contribution in [0.5, 0.6) is 11.5 Å². The van der Waals surface area contributed by atoms with Crippen LogP contribution in [0.4, 0.5) is 5.69 Å². The predicted molar refractivity (Wildman–Crippen MR) is 123 cm³/mol. The monoisotopic (exact) mass is 428 g/mol. The van der Waals surface area contributed by atoms with E-state index in [1.54, 1.807) is 0 Å². The smallest absolute Gasteiger partial charge is 0.246 e. The van der Waals surface area contributed by atoms with Gasteiger partial charge in [-0.3, -0.25) is 4.79 Å². The molecule has 32 heavy (non-hydrogen) atoms. The molecule has 0 bridgehead atoms. The van der Waals surface area contributed by atoms with E-state index >= 15 is 0 Å². The Morgan fingerprint density at radius 3 is 2.44 bits per heavy atom. The second-order valence-electron chi connectivity index (χ2n) is 7.99. The van der Waals surface area contributed by atoms with Crippen LogP contribution in [0.1, 0.15) is 16.7 Å². The van der Waals surface area contributed by atoms with Gasteiger partial charge in [0.1, 0.15) is 18.1 Å². The summed E-state index contributed by atoms with van der Waals surface area (Å²) in [7, 11) is 0. The molecule has 0 radical (unpaired) electrons. The average Bonchev–Trinajstić information content (AvgIpc) is 3.11. The summed E-state index contributed by atoms with van der Waals surface area (Å²) in [4.78, 5) is 11.4. The molecule has 2 aliphatic rings. The third kappa shape index (κ3) is 4.51. The van der Waals surface area contributed by atoms with Crippen LogP contribution in [0, 0.1) is 0 Å². The number of anilines is 1. The maximum atomic E-state index is 11.4. The Labute approximate surface area is 186 Å². The second-order valence-corrected chi connectivity index (χ2v) is 7.99. The fraction of sp³-hybridized carbons (Fsp3) is 0.192. The number of nitrogens with one attached hydrogen (secondary N) is 2. The molecular formula is C26H24N2O4. The van der Waals surface area contributed by atoms with E-state index in [1.807, 2.05) is 78.9 Å². The minimum Gasteiger partial charge on any atom is -0.457 e. The molecule has 6 heteroatoms. The zero-order valence-corrected chi connectivity index (χ0v) is 17.5. The highest BCUT2D eigenvalue weighted by Crippen LogP contribution is 2.35. The highest BCUT2D eigenvalue weighted by atomic mass is 16.5. The van der Waals surface area contributed by atoms with Crippen molar-refractivity contribution in [1.29, 1.82) is 0 Å². The number of hydrogen-bond donors (Lipinski definition) is 3. The van der Waals surface area contributed by atoms with E-state index in [4.69, 9.17) is 9.47 Å². The van der Waals surface area contributed by atoms with E-state index in [0.29, 0.717) is 6.61 Å². The largest absolute Gasteiger partial charge is 0.457 e. The number of ether oxygens (including phenoxy) is 2. The molecule has 1 saturated heterocycles. The average molecular weight is 428 g/mol. The van der Waals surface area contributed by atoms with Gasteiger partial charge in [0.2, 0.25) is 5.91 Å². The van der Waals surface area contributed by atoms with Crippen LogP contribution < -0.4 is 15.4 Å². The normalized spacial score (nSPS) is 21.0. The summed E-state index contributed by atoms with van der Waals surface area (Å²) in [5.74, 6) is 1.41. The van der Waals surface area contributed by atoms with Crippen LogP contribution in [-0.2, 0) is 16.0 Å². The van der Waals surface area contributed by atoms with Gasteiger partial charge in [0.25, 0.3) is 0 Å². The Balaban J connectivity index is 1.23. The molecule has 2 aliphatic heterocycles. The van der Waals surface area contributed by atoms with Gasteiger partial charge >= 0.3 is 0 Å². The Bertz CT molecular complexity index is 1140. The van der Waals surface area contributed by atoms with Crippen LogP contribution in [0.15, 0.2) is 72.8 Å². The Morgan fingerprint density at radius 1 is 0.969 bits per heavy atom. The van der Waals surface area contributed by atoms with Crippen molar-refractivity contribution in [2.24, 2.45) is 0 Å². The van der Waals surface area contributed by atoms with Gasteiger partial charge in [0.15, 0.2) is 6.23 Å². The van der Waals surface area contributed by atoms with Crippen molar-refractivity contribution in [3.8, 4) is 11.5 Å². The molecule has 2 unspecified atom stereocenters. The van der Waals surface area contributed by atoms with E-state index in [9.17, 15) is 9.90 Å². The van der Waals surface area contributed by atoms with Gasteiger partial charge in [-0.2, -0.15) is 0 Å². The minimum absolute atomic E-state index is 0.00485. The first-order valence-electron chi connectivity index (χ1n) is 10.6. The van der Waals surface area contributed by atoms with Crippen molar-refractivity contribution in [1.82, 2.24) is 5.32 Å². The molecule has 1 amide bonds. The zero-order chi connectivity index (χ0) is 21.9. The number of aliphatic hydroxyl groups is 1. The minimum atomic E-state index is -0.713. The number of carbonyl (C=O) groups is 1. The highest BCUT2D eigenvalue weighted by Gasteiger charge is 2.23. The summed E-state index contributed by atoms with van der Waals surface area (Å²) in [5, 5.41) is 16.3. The number of hydrogen-bond acceptors (Lipinski definition) is 5. The van der Waals surface area contributed by atoms with Crippen LogP contribution >= 0.6 is 0 Å². The number of fused-ring (bicyclic) bond motifs is 1. The van der Waals surface area contributed by atoms with E-state index in [2.05, 4.69) is 10.6 Å². The molecule has 0 aliphatic carbocycles. The molecule has 6 nitrogen and oxygen atoms in total. The third-order valence-corrected chi connectivity index (χ3v) is 5.59. The van der Waals surface area contributed by atoms with Crippen LogP contribution in [0.2, 0.25) is 0 Å². The topological polar surface area (TPSA) is 79.8 Å². The Kier molecular flexibility index (Phi) is 5.62. The van der Waals surface area contributed by atoms with E-state index in [-0.39, 0.29) is 18.6 Å². The number of para-hydroxylation sites is 1. The number of carbonyl (C=O) groups excluding carboxylic acids is 1. The van der Waals surface area contributed by atoms with Gasteiger partial charge in [0.05, 0.1) is 12.6 Å². The SMILES string of the molecule is O=C1COCC(Cc2ccc(Oc3ccc(/C=C4\c5ccccc5NC4O)cc3)cc2)N1. The third-order valence-electron chi connectivity index (χ3n) is 5.59. The Morgan fingerprint density at radius 2 is 1.69 bits per heavy atom. The van der Waals surface area contributed by atoms with Gasteiger partial charge in [-0.1, -0.05) is 42.5 Å². The first-order chi connectivity index (χ1) is 15.6. The molecule has 5 rings (SSSR count). The molecule has 1 fully saturated rings. The number of amides is 1. The van der Waals surface area contributed by atoms with Crippen LogP contribution in [0.25, 0.3) is 11.6 Å². The molecule has 3 aromatic carbocycles. The Hall–Kier alpha value is -3.61. The molecule has 2 heterocycles. The van der Waals surface area contributed by atoms with Crippen molar-refractivity contribution < 1.29 is 19.4 Å². The molecule has 0 aromatic heterocycles. The molecule has 3 N–H and O–H groups in total. The maximum Gasteiger partial charge on any atom is 0.246 e. The molecular weight excluding hydrogens is 404 g/mol. The summed E-state index contributed by atoms with van der Waals surface area (Å²) < 4.78 is 11.3. The lowest BCUT2D eigenvalue weighted by atomic mass is 10.0. The summed E-state index contributed by atoms with van der Waals surface area (Å²) >= 11 is 0. The van der Waals surface area contributed by atoms with Crippen LogP contribution in [-0.4, -0.2) is 36.5 Å². The number of rotatable bonds is 5. The maximum absolute atomic E-state index is 11.4. The predicted octanol–water partition coefficient (Wildman–Crippen LogP) is 3.82. The van der Waals surface area contributed by atoms with E-state index in [1.165, 1.54) is 0 Å². The lowest BCUT2D eigenvalue weighted by Gasteiger charge is -2.23. The first-order valence-corrected chi connectivity index (χ1v) is 10.6. The fourth-order valence-corrected chi connectivity index (χ4v) is 4.03. The van der Waals surface area contributed by atoms with Crippen molar-refractivity contribution >= 4 is 23.2 Å². The summed E-state index contributed by atoms with van der Waals surface area (Å²) in [6, 6.07) is 23.5. The number of aliphatic hydroxyl groups excluding tert-OH is 1. The van der Waals surface area contributed by atoms with Gasteiger partial charge in [0, 0.05) is 16.8 Å². The summed E-state index contributed by atoms with van der Waals surface area (Å²) in [6.07, 6.45) is 1.99. The van der Waals surface area contributed by atoms with E-state index < -0.39 is 6.23 Å². The van der Waals surface area contributed by atoms with Crippen molar-refractivity contribution in [3.63, 3.8) is 0 Å². The van der Waals surface area contributed by atoms with Crippen molar-refractivity contribution in [3.05, 3.63) is 89.5 Å². The van der Waals surface area contributed by atoms with Crippen molar-refractivity contribution in [2.75, 3.05) is 18.5 Å². The molecule has 3 aromatic rings. The zero-order valence-electron chi connectivity index (χ0n) is 17.5. The van der Waals surface area contributed by atoms with Gasteiger partial charge in [-0.05, 0) is 54.0 Å². The molecule has 162 valence electrons. The second kappa shape index (κ2) is 8.86. The number of morpholine rings is 1. The lowest BCUT2D eigenvalue weighted by molar-refractivity contribution is -0.131. The quantitative estimate of drug-likeness (QED) is 0.576. The standard InChI is InChI=1S/C26H24N2O4/c29-25-16-31-15-19(27-25)13-17-5-9-20(10-6-17)32-21-11-7-18(8-12-21)14-23-22-3-1-2-4-24(22)28-26(23)30/h1-12,14,19,26,28,30H,13,15-16H2,(H,27,29)/b23-14+. The van der Waals surface area contributed by atoms with Gasteiger partial charge in [-0.25, -0.2) is 0 Å². The molecule has 0 spiro atoms. The molecule has 0 saturated carbocycles. The number of benzene rings is 3.